The highest BCUT2D eigenvalue weighted by molar-refractivity contribution is 14.0. The van der Waals surface area contributed by atoms with Crippen molar-refractivity contribution < 1.29 is 13.7 Å². The van der Waals surface area contributed by atoms with Crippen LogP contribution < -0.4 is 15.4 Å². The van der Waals surface area contributed by atoms with E-state index < -0.39 is 10.8 Å². The number of rotatable bonds is 9. The molecule has 0 aromatic heterocycles. The van der Waals surface area contributed by atoms with Gasteiger partial charge in [-0.1, -0.05) is 12.1 Å². The Morgan fingerprint density at radius 1 is 1.33 bits per heavy atom. The van der Waals surface area contributed by atoms with Crippen LogP contribution in [0.3, 0.4) is 0 Å². The van der Waals surface area contributed by atoms with Crippen LogP contribution in [-0.4, -0.2) is 53.1 Å². The van der Waals surface area contributed by atoms with Crippen LogP contribution in [0.1, 0.15) is 51.7 Å². The summed E-state index contributed by atoms with van der Waals surface area (Å²) in [5, 5.41) is 6.54. The Hall–Kier alpha value is -0.870. The third kappa shape index (κ3) is 9.51. The van der Waals surface area contributed by atoms with Crippen LogP contribution in [0.4, 0.5) is 0 Å². The van der Waals surface area contributed by atoms with Crippen LogP contribution in [0.25, 0.3) is 0 Å². The highest BCUT2D eigenvalue weighted by Crippen LogP contribution is 2.23. The third-order valence-corrected chi connectivity index (χ3v) is 6.63. The number of aliphatic imine (C=N–C) groups is 1. The lowest BCUT2D eigenvalue weighted by atomic mass is 10.1. The van der Waals surface area contributed by atoms with Gasteiger partial charge in [-0.3, -0.25) is 4.21 Å². The zero-order valence-corrected chi connectivity index (χ0v) is 22.1. The molecular weight excluding hydrogens is 513 g/mol. The minimum atomic E-state index is -0.885. The second-order valence-electron chi connectivity index (χ2n) is 8.34. The first-order valence-corrected chi connectivity index (χ1v) is 11.9. The lowest BCUT2D eigenvalue weighted by molar-refractivity contribution is 0.0676. The molecule has 0 radical (unpaired) electrons. The number of ether oxygens (including phenoxy) is 2. The van der Waals surface area contributed by atoms with Gasteiger partial charge in [-0.2, -0.15) is 0 Å². The Morgan fingerprint density at radius 2 is 2.10 bits per heavy atom. The van der Waals surface area contributed by atoms with E-state index in [0.717, 1.165) is 48.8 Å². The third-order valence-electron chi connectivity index (χ3n) is 4.69. The van der Waals surface area contributed by atoms with E-state index in [2.05, 4.69) is 35.8 Å². The molecule has 2 atom stereocenters. The zero-order valence-electron chi connectivity index (χ0n) is 19.0. The summed E-state index contributed by atoms with van der Waals surface area (Å²) in [7, 11) is -0.885. The molecule has 1 saturated heterocycles. The molecule has 30 heavy (non-hydrogen) atoms. The van der Waals surface area contributed by atoms with E-state index in [0.29, 0.717) is 25.4 Å². The molecule has 1 aliphatic heterocycles. The highest BCUT2D eigenvalue weighted by atomic mass is 127. The number of benzene rings is 1. The van der Waals surface area contributed by atoms with E-state index in [-0.39, 0.29) is 34.8 Å². The number of halogens is 1. The van der Waals surface area contributed by atoms with Crippen molar-refractivity contribution in [3.05, 3.63) is 29.3 Å². The fraction of sp³-hybridized carbons (Fsp3) is 0.682. The molecule has 2 N–H and O–H groups in total. The normalized spacial score (nSPS) is 17.9. The van der Waals surface area contributed by atoms with E-state index in [1.54, 1.807) is 0 Å². The molecule has 1 aromatic rings. The van der Waals surface area contributed by atoms with Gasteiger partial charge in [0.15, 0.2) is 5.96 Å². The largest absolute Gasteiger partial charge is 0.491 e. The SMILES string of the molecule is CCNC(=NCc1ccc(C)cc1OCC1CCCO1)NCCS(=O)C(C)(C)C.I. The van der Waals surface area contributed by atoms with E-state index in [1.807, 2.05) is 27.7 Å². The van der Waals surface area contributed by atoms with Gasteiger partial charge in [0.2, 0.25) is 0 Å². The molecule has 1 heterocycles. The smallest absolute Gasteiger partial charge is 0.191 e. The van der Waals surface area contributed by atoms with Crippen molar-refractivity contribution in [2.45, 2.75) is 64.9 Å². The maximum Gasteiger partial charge on any atom is 0.191 e. The topological polar surface area (TPSA) is 72.0 Å². The Labute approximate surface area is 201 Å². The Balaban J connectivity index is 0.00000450. The van der Waals surface area contributed by atoms with Gasteiger partial charge in [0, 0.05) is 46.6 Å². The number of aryl methyl sites for hydroxylation is 1. The maximum atomic E-state index is 12.2. The molecule has 1 fully saturated rings. The molecule has 0 bridgehead atoms. The predicted molar refractivity (Wildman–Crippen MR) is 137 cm³/mol. The molecule has 6 nitrogen and oxygen atoms in total. The average molecular weight is 552 g/mol. The van der Waals surface area contributed by atoms with Crippen molar-refractivity contribution in [1.82, 2.24) is 10.6 Å². The van der Waals surface area contributed by atoms with Crippen LogP contribution in [0, 0.1) is 6.92 Å². The molecule has 0 saturated carbocycles. The molecule has 172 valence electrons. The predicted octanol–water partition coefficient (Wildman–Crippen LogP) is 3.77. The summed E-state index contributed by atoms with van der Waals surface area (Å²) in [4.78, 5) is 4.70. The van der Waals surface area contributed by atoms with Crippen molar-refractivity contribution in [2.24, 2.45) is 4.99 Å². The number of guanidine groups is 1. The van der Waals surface area contributed by atoms with Gasteiger partial charge in [-0.15, -0.1) is 24.0 Å². The molecule has 2 rings (SSSR count). The van der Waals surface area contributed by atoms with Gasteiger partial charge in [0.05, 0.1) is 12.6 Å². The second kappa shape index (κ2) is 13.5. The highest BCUT2D eigenvalue weighted by Gasteiger charge is 2.19. The van der Waals surface area contributed by atoms with Crippen molar-refractivity contribution in [3.8, 4) is 5.75 Å². The summed E-state index contributed by atoms with van der Waals surface area (Å²) in [6.07, 6.45) is 2.36. The molecule has 0 amide bonds. The molecule has 8 heteroatoms. The Bertz CT molecular complexity index is 701. The van der Waals surface area contributed by atoms with Crippen molar-refractivity contribution in [1.29, 1.82) is 0 Å². The summed E-state index contributed by atoms with van der Waals surface area (Å²) in [5.41, 5.74) is 2.21. The fourth-order valence-electron chi connectivity index (χ4n) is 2.96. The first-order valence-electron chi connectivity index (χ1n) is 10.5. The minimum Gasteiger partial charge on any atom is -0.491 e. The van der Waals surface area contributed by atoms with E-state index in [4.69, 9.17) is 14.5 Å². The first kappa shape index (κ1) is 27.2. The molecule has 2 unspecified atom stereocenters. The van der Waals surface area contributed by atoms with Crippen LogP contribution in [0.2, 0.25) is 0 Å². The van der Waals surface area contributed by atoms with Crippen LogP contribution >= 0.6 is 24.0 Å². The standard InChI is InChI=1S/C22H37N3O3S.HI/c1-6-23-21(24-11-13-29(26)22(3,4)5)25-15-18-10-9-17(2)14-20(18)28-16-19-8-7-12-27-19;/h9-10,14,19H,6-8,11-13,15-16H2,1-5H3,(H2,23,24,25);1H. The second-order valence-corrected chi connectivity index (χ2v) is 10.7. The van der Waals surface area contributed by atoms with Gasteiger partial charge >= 0.3 is 0 Å². The lowest BCUT2D eigenvalue weighted by Gasteiger charge is -2.18. The van der Waals surface area contributed by atoms with Crippen molar-refractivity contribution in [3.63, 3.8) is 0 Å². The van der Waals surface area contributed by atoms with E-state index in [9.17, 15) is 4.21 Å². The number of nitrogens with one attached hydrogen (secondary N) is 2. The molecular formula is C22H38IN3O3S. The zero-order chi connectivity index (χ0) is 21.3. The molecule has 1 aliphatic rings. The number of hydrogen-bond acceptors (Lipinski definition) is 4. The lowest BCUT2D eigenvalue weighted by Crippen LogP contribution is -2.40. The Kier molecular flexibility index (Phi) is 12.2. The molecule has 1 aromatic carbocycles. The summed E-state index contributed by atoms with van der Waals surface area (Å²) in [5.74, 6) is 2.19. The summed E-state index contributed by atoms with van der Waals surface area (Å²) in [6.45, 7) is 13.4. The minimum absolute atomic E-state index is 0. The number of hydrogen-bond donors (Lipinski definition) is 2. The van der Waals surface area contributed by atoms with E-state index >= 15 is 0 Å². The monoisotopic (exact) mass is 551 g/mol. The van der Waals surface area contributed by atoms with Gasteiger partial charge in [-0.25, -0.2) is 4.99 Å². The maximum absolute atomic E-state index is 12.2. The molecule has 0 aliphatic carbocycles. The first-order chi connectivity index (χ1) is 13.8. The van der Waals surface area contributed by atoms with Crippen molar-refractivity contribution >= 4 is 40.7 Å². The summed E-state index contributed by atoms with van der Waals surface area (Å²) < 4.78 is 23.8. The summed E-state index contributed by atoms with van der Waals surface area (Å²) >= 11 is 0. The van der Waals surface area contributed by atoms with Crippen LogP contribution in [0.5, 0.6) is 5.75 Å². The van der Waals surface area contributed by atoms with Gasteiger partial charge in [0.1, 0.15) is 12.4 Å². The Morgan fingerprint density at radius 3 is 2.73 bits per heavy atom. The van der Waals surface area contributed by atoms with Crippen LogP contribution in [-0.2, 0) is 22.1 Å². The summed E-state index contributed by atoms with van der Waals surface area (Å²) in [6, 6.07) is 6.21. The van der Waals surface area contributed by atoms with Gasteiger partial charge in [-0.05, 0) is 59.1 Å². The van der Waals surface area contributed by atoms with Gasteiger partial charge in [0.25, 0.3) is 0 Å². The van der Waals surface area contributed by atoms with Crippen molar-refractivity contribution in [2.75, 3.05) is 32.1 Å². The van der Waals surface area contributed by atoms with Crippen LogP contribution in [0.15, 0.2) is 23.2 Å². The average Bonchev–Trinajstić information content (AvgIpc) is 3.18. The van der Waals surface area contributed by atoms with E-state index in [1.165, 1.54) is 0 Å². The fourth-order valence-corrected chi connectivity index (χ4v) is 3.86. The van der Waals surface area contributed by atoms with Gasteiger partial charge < -0.3 is 20.1 Å². The quantitative estimate of drug-likeness (QED) is 0.278. The number of nitrogens with zero attached hydrogens (tertiary/aromatic N) is 1. The molecule has 0 spiro atoms.